The van der Waals surface area contributed by atoms with Gasteiger partial charge in [-0.2, -0.15) is 13.9 Å². The quantitative estimate of drug-likeness (QED) is 0.718. The minimum atomic E-state index is -4.87. The molecule has 0 saturated carbocycles. The smallest absolute Gasteiger partial charge is 0.341 e. The molecule has 3 rings (SSSR count). The number of halogens is 2. The maximum Gasteiger partial charge on any atom is 0.341 e. The van der Waals surface area contributed by atoms with Crippen LogP contribution >= 0.6 is 0 Å². The summed E-state index contributed by atoms with van der Waals surface area (Å²) in [6, 6.07) is 6.95. The highest BCUT2D eigenvalue weighted by Crippen LogP contribution is 2.24. The van der Waals surface area contributed by atoms with Crippen molar-refractivity contribution in [1.29, 1.82) is 0 Å². The number of nitrogens with zero attached hydrogens (tertiary/aromatic N) is 5. The average Bonchev–Trinajstić information content (AvgIpc) is 2.73. The number of carbonyl (C=O) groups is 1. The van der Waals surface area contributed by atoms with Gasteiger partial charge in [-0.1, -0.05) is 12.1 Å². The van der Waals surface area contributed by atoms with E-state index in [1.807, 2.05) is 30.0 Å². The van der Waals surface area contributed by atoms with E-state index >= 15 is 0 Å². The van der Waals surface area contributed by atoms with Gasteiger partial charge in [-0.25, -0.2) is 8.42 Å². The van der Waals surface area contributed by atoms with Crippen LogP contribution in [0, 0.1) is 0 Å². The molecule has 1 aromatic carbocycles. The molecule has 1 aliphatic heterocycles. The zero-order valence-corrected chi connectivity index (χ0v) is 16.8. The van der Waals surface area contributed by atoms with Crippen molar-refractivity contribution in [3.8, 4) is 0 Å². The minimum Gasteiger partial charge on any atom is -0.376 e. The Morgan fingerprint density at radius 3 is 2.41 bits per heavy atom. The summed E-state index contributed by atoms with van der Waals surface area (Å²) < 4.78 is 49.8. The number of amides is 1. The fraction of sp³-hybridized carbons (Fsp3) is 0.389. The van der Waals surface area contributed by atoms with E-state index in [0.29, 0.717) is 32.0 Å². The third kappa shape index (κ3) is 4.29. The molecular weight excluding hydrogens is 404 g/mol. The van der Waals surface area contributed by atoms with Crippen LogP contribution in [-0.2, 0) is 9.84 Å². The molecule has 1 aliphatic rings. The standard InChI is InChI=1S/C18H21F2N5O3S/c1-23(2)13-11-16(22-21-12-13)24-7-9-25(10-8-24)17(26)14-5-3-4-6-15(14)29(27,28)18(19)20/h3-6,11-12,18H,7-10H2,1-2H3. The highest BCUT2D eigenvalue weighted by atomic mass is 32.2. The summed E-state index contributed by atoms with van der Waals surface area (Å²) in [7, 11) is -1.09. The van der Waals surface area contributed by atoms with Crippen molar-refractivity contribution in [3.63, 3.8) is 0 Å². The third-order valence-corrected chi connectivity index (χ3v) is 6.13. The van der Waals surface area contributed by atoms with Crippen LogP contribution in [0.2, 0.25) is 0 Å². The number of hydrogen-bond acceptors (Lipinski definition) is 7. The van der Waals surface area contributed by atoms with Crippen LogP contribution in [0.3, 0.4) is 0 Å². The number of rotatable bonds is 5. The molecule has 1 amide bonds. The zero-order valence-electron chi connectivity index (χ0n) is 16.0. The van der Waals surface area contributed by atoms with Gasteiger partial charge in [0.05, 0.1) is 22.3 Å². The van der Waals surface area contributed by atoms with Gasteiger partial charge in [-0.05, 0) is 12.1 Å². The monoisotopic (exact) mass is 425 g/mol. The Morgan fingerprint density at radius 2 is 1.79 bits per heavy atom. The Hall–Kier alpha value is -2.82. The molecule has 1 saturated heterocycles. The number of benzene rings is 1. The van der Waals surface area contributed by atoms with E-state index in [-0.39, 0.29) is 5.56 Å². The number of sulfone groups is 1. The Kier molecular flexibility index (Phi) is 5.96. The second-order valence-electron chi connectivity index (χ2n) is 6.75. The van der Waals surface area contributed by atoms with Crippen LogP contribution < -0.4 is 9.80 Å². The van der Waals surface area contributed by atoms with Gasteiger partial charge in [-0.15, -0.1) is 5.10 Å². The van der Waals surface area contributed by atoms with Gasteiger partial charge in [0.2, 0.25) is 9.84 Å². The molecule has 156 valence electrons. The van der Waals surface area contributed by atoms with Crippen LogP contribution in [0.5, 0.6) is 0 Å². The summed E-state index contributed by atoms with van der Waals surface area (Å²) >= 11 is 0. The number of aromatic nitrogens is 2. The fourth-order valence-electron chi connectivity index (χ4n) is 3.04. The van der Waals surface area contributed by atoms with Gasteiger partial charge < -0.3 is 14.7 Å². The van der Waals surface area contributed by atoms with Crippen molar-refractivity contribution in [2.24, 2.45) is 0 Å². The molecule has 0 bridgehead atoms. The van der Waals surface area contributed by atoms with E-state index in [1.54, 1.807) is 6.20 Å². The van der Waals surface area contributed by atoms with E-state index < -0.39 is 26.4 Å². The van der Waals surface area contributed by atoms with E-state index in [9.17, 15) is 22.0 Å². The number of hydrogen-bond donors (Lipinski definition) is 0. The fourth-order valence-corrected chi connectivity index (χ4v) is 3.96. The summed E-state index contributed by atoms with van der Waals surface area (Å²) in [5.41, 5.74) is 0.648. The third-order valence-electron chi connectivity index (χ3n) is 4.69. The first-order chi connectivity index (χ1) is 13.7. The van der Waals surface area contributed by atoms with Crippen molar-refractivity contribution >= 4 is 27.2 Å². The van der Waals surface area contributed by atoms with E-state index in [1.165, 1.54) is 23.1 Å². The summed E-state index contributed by atoms with van der Waals surface area (Å²) in [5, 5.41) is 8.11. The molecule has 29 heavy (non-hydrogen) atoms. The topological polar surface area (TPSA) is 86.7 Å². The highest BCUT2D eigenvalue weighted by Gasteiger charge is 2.33. The first kappa shape index (κ1) is 20.9. The van der Waals surface area contributed by atoms with Gasteiger partial charge in [0.15, 0.2) is 5.82 Å². The second kappa shape index (κ2) is 8.27. The molecule has 0 radical (unpaired) electrons. The molecule has 1 fully saturated rings. The number of piperazine rings is 1. The average molecular weight is 425 g/mol. The predicted molar refractivity (Wildman–Crippen MR) is 104 cm³/mol. The maximum absolute atomic E-state index is 13.0. The number of anilines is 2. The number of carbonyl (C=O) groups excluding carboxylic acids is 1. The molecule has 0 spiro atoms. The zero-order chi connectivity index (χ0) is 21.2. The lowest BCUT2D eigenvalue weighted by Crippen LogP contribution is -2.49. The van der Waals surface area contributed by atoms with Crippen molar-refractivity contribution in [1.82, 2.24) is 15.1 Å². The van der Waals surface area contributed by atoms with Crippen LogP contribution in [-0.4, -0.2) is 75.5 Å². The first-order valence-electron chi connectivity index (χ1n) is 8.87. The lowest BCUT2D eigenvalue weighted by Gasteiger charge is -2.35. The predicted octanol–water partition coefficient (Wildman–Crippen LogP) is 1.50. The van der Waals surface area contributed by atoms with Crippen molar-refractivity contribution in [3.05, 3.63) is 42.1 Å². The van der Waals surface area contributed by atoms with Crippen LogP contribution in [0.15, 0.2) is 41.4 Å². The highest BCUT2D eigenvalue weighted by molar-refractivity contribution is 7.91. The van der Waals surface area contributed by atoms with Gasteiger partial charge in [0.1, 0.15) is 0 Å². The van der Waals surface area contributed by atoms with Crippen LogP contribution in [0.25, 0.3) is 0 Å². The summed E-state index contributed by atoms with van der Waals surface area (Å²) in [5.74, 6) is -3.50. The molecule has 11 heteroatoms. The van der Waals surface area contributed by atoms with Gasteiger partial charge in [-0.3, -0.25) is 4.79 Å². The Morgan fingerprint density at radius 1 is 1.14 bits per heavy atom. The van der Waals surface area contributed by atoms with Crippen molar-refractivity contribution < 1.29 is 22.0 Å². The molecule has 0 unspecified atom stereocenters. The van der Waals surface area contributed by atoms with E-state index in [4.69, 9.17) is 0 Å². The molecule has 0 aliphatic carbocycles. The van der Waals surface area contributed by atoms with E-state index in [2.05, 4.69) is 10.2 Å². The van der Waals surface area contributed by atoms with Gasteiger partial charge in [0.25, 0.3) is 5.91 Å². The lowest BCUT2D eigenvalue weighted by molar-refractivity contribution is 0.0742. The van der Waals surface area contributed by atoms with Crippen LogP contribution in [0.4, 0.5) is 20.3 Å². The molecule has 1 aromatic heterocycles. The van der Waals surface area contributed by atoms with E-state index in [0.717, 1.165) is 11.8 Å². The Bertz CT molecular complexity index is 992. The second-order valence-corrected chi connectivity index (χ2v) is 8.63. The van der Waals surface area contributed by atoms with Crippen molar-refractivity contribution in [2.75, 3.05) is 50.1 Å². The largest absolute Gasteiger partial charge is 0.376 e. The van der Waals surface area contributed by atoms with Crippen LogP contribution in [0.1, 0.15) is 10.4 Å². The lowest BCUT2D eigenvalue weighted by atomic mass is 10.2. The molecule has 8 nitrogen and oxygen atoms in total. The summed E-state index contributed by atoms with van der Waals surface area (Å²) in [6.07, 6.45) is 1.64. The number of alkyl halides is 2. The van der Waals surface area contributed by atoms with Crippen molar-refractivity contribution in [2.45, 2.75) is 10.7 Å². The Labute approximate surface area is 167 Å². The molecule has 0 N–H and O–H groups in total. The van der Waals surface area contributed by atoms with Gasteiger partial charge >= 0.3 is 5.76 Å². The molecule has 2 aromatic rings. The van der Waals surface area contributed by atoms with Gasteiger partial charge in [0, 0.05) is 46.3 Å². The summed E-state index contributed by atoms with van der Waals surface area (Å²) in [4.78, 5) is 17.5. The first-order valence-corrected chi connectivity index (χ1v) is 10.4. The SMILES string of the molecule is CN(C)c1cnnc(N2CCN(C(=O)c3ccccc3S(=O)(=O)C(F)F)CC2)c1. The minimum absolute atomic E-state index is 0.240. The molecule has 0 atom stereocenters. The Balaban J connectivity index is 1.76. The normalized spacial score (nSPS) is 14.9. The molecule has 2 heterocycles. The summed E-state index contributed by atoms with van der Waals surface area (Å²) in [6.45, 7) is 1.52. The maximum atomic E-state index is 13.0. The molecular formula is C18H21F2N5O3S.